The molecule has 0 aromatic heterocycles. The molecule has 6 heteroatoms. The van der Waals surface area contributed by atoms with Crippen molar-refractivity contribution in [2.75, 3.05) is 13.1 Å². The van der Waals surface area contributed by atoms with Gasteiger partial charge in [0, 0.05) is 18.5 Å². The van der Waals surface area contributed by atoms with Crippen LogP contribution in [-0.4, -0.2) is 40.6 Å². The van der Waals surface area contributed by atoms with Gasteiger partial charge in [-0.2, -0.15) is 0 Å². The number of benzene rings is 1. The van der Waals surface area contributed by atoms with Crippen LogP contribution >= 0.6 is 0 Å². The monoisotopic (exact) mass is 269 g/mol. The van der Waals surface area contributed by atoms with Gasteiger partial charge in [-0.3, -0.25) is 4.79 Å². The van der Waals surface area contributed by atoms with Gasteiger partial charge in [0.1, 0.15) is 5.82 Å². The summed E-state index contributed by atoms with van der Waals surface area (Å²) in [5, 5.41) is 8.75. The lowest BCUT2D eigenvalue weighted by Gasteiger charge is -2.18. The van der Waals surface area contributed by atoms with Crippen molar-refractivity contribution in [3.05, 3.63) is 35.1 Å². The molecular formula is C13H13F2NO3. The topological polar surface area (TPSA) is 57.6 Å². The van der Waals surface area contributed by atoms with Crippen molar-refractivity contribution < 1.29 is 23.5 Å². The van der Waals surface area contributed by atoms with E-state index in [0.29, 0.717) is 5.56 Å². The van der Waals surface area contributed by atoms with Crippen LogP contribution in [-0.2, 0) is 4.79 Å². The number of hydrogen-bond donors (Lipinski definition) is 1. The summed E-state index contributed by atoms with van der Waals surface area (Å²) in [5.74, 6) is -2.65. The normalized spacial score (nSPS) is 22.6. The Morgan fingerprint density at radius 2 is 2.11 bits per heavy atom. The van der Waals surface area contributed by atoms with E-state index in [1.165, 1.54) is 12.1 Å². The molecule has 0 aliphatic carbocycles. The van der Waals surface area contributed by atoms with Gasteiger partial charge in [0.05, 0.1) is 6.54 Å². The van der Waals surface area contributed by atoms with E-state index >= 15 is 0 Å². The molecule has 1 heterocycles. The van der Waals surface area contributed by atoms with Crippen LogP contribution < -0.4 is 0 Å². The maximum absolute atomic E-state index is 13.8. The molecule has 1 atom stereocenters. The van der Waals surface area contributed by atoms with Gasteiger partial charge in [-0.05, 0) is 24.6 Å². The first kappa shape index (κ1) is 13.5. The Kier molecular flexibility index (Phi) is 3.26. The zero-order valence-corrected chi connectivity index (χ0v) is 10.3. The molecule has 1 aromatic rings. The minimum absolute atomic E-state index is 0.0110. The minimum Gasteiger partial charge on any atom is -0.479 e. The first-order valence-corrected chi connectivity index (χ1v) is 5.81. The summed E-state index contributed by atoms with van der Waals surface area (Å²) in [6, 6.07) is 3.98. The van der Waals surface area contributed by atoms with Crippen LogP contribution in [0.15, 0.2) is 18.2 Å². The summed E-state index contributed by atoms with van der Waals surface area (Å²) in [5.41, 5.74) is -1.90. The van der Waals surface area contributed by atoms with Crippen LogP contribution in [0.4, 0.5) is 8.78 Å². The van der Waals surface area contributed by atoms with Crippen LogP contribution in [0.3, 0.4) is 0 Å². The van der Waals surface area contributed by atoms with Gasteiger partial charge in [0.15, 0.2) is 0 Å². The molecule has 0 bridgehead atoms. The molecule has 1 N–H and O–H groups in total. The molecule has 1 saturated heterocycles. The van der Waals surface area contributed by atoms with Crippen LogP contribution in [0.1, 0.15) is 22.3 Å². The summed E-state index contributed by atoms with van der Waals surface area (Å²) in [4.78, 5) is 23.9. The Morgan fingerprint density at radius 3 is 2.63 bits per heavy atom. The quantitative estimate of drug-likeness (QED) is 0.890. The van der Waals surface area contributed by atoms with Crippen molar-refractivity contribution >= 4 is 11.9 Å². The Balaban J connectivity index is 2.18. The van der Waals surface area contributed by atoms with E-state index in [9.17, 15) is 18.4 Å². The van der Waals surface area contributed by atoms with E-state index in [4.69, 9.17) is 5.11 Å². The average molecular weight is 269 g/mol. The summed E-state index contributed by atoms with van der Waals surface area (Å²) < 4.78 is 27.2. The number of halogens is 2. The number of likely N-dealkylation sites (tertiary alicyclic amines) is 1. The van der Waals surface area contributed by atoms with E-state index in [1.54, 1.807) is 6.92 Å². The third kappa shape index (κ3) is 2.43. The van der Waals surface area contributed by atoms with Crippen LogP contribution in [0.2, 0.25) is 0 Å². The number of alkyl halides is 1. The molecular weight excluding hydrogens is 256 g/mol. The molecule has 1 aromatic carbocycles. The SMILES string of the molecule is Cc1ccc(C(=O)N2CCC(F)(C(=O)O)C2)cc1F. The zero-order valence-electron chi connectivity index (χ0n) is 10.3. The molecule has 1 aliphatic rings. The molecule has 2 rings (SSSR count). The highest BCUT2D eigenvalue weighted by molar-refractivity contribution is 5.95. The number of aryl methyl sites for hydroxylation is 1. The van der Waals surface area contributed by atoms with Crippen molar-refractivity contribution in [1.82, 2.24) is 4.90 Å². The standard InChI is InChI=1S/C13H13F2NO3/c1-8-2-3-9(6-10(8)14)11(17)16-5-4-13(15,7-16)12(18)19/h2-3,6H,4-5,7H2,1H3,(H,18,19). The van der Waals surface area contributed by atoms with E-state index < -0.39 is 29.9 Å². The highest BCUT2D eigenvalue weighted by Gasteiger charge is 2.46. The first-order chi connectivity index (χ1) is 8.83. The molecule has 0 radical (unpaired) electrons. The maximum Gasteiger partial charge on any atom is 0.343 e. The van der Waals surface area contributed by atoms with Crippen molar-refractivity contribution in [3.8, 4) is 0 Å². The third-order valence-electron chi connectivity index (χ3n) is 3.31. The van der Waals surface area contributed by atoms with E-state index in [2.05, 4.69) is 0 Å². The number of nitrogens with zero attached hydrogens (tertiary/aromatic N) is 1. The smallest absolute Gasteiger partial charge is 0.343 e. The number of hydrogen-bond acceptors (Lipinski definition) is 2. The number of carboxylic acid groups (broad SMARTS) is 1. The van der Waals surface area contributed by atoms with E-state index in [0.717, 1.165) is 11.0 Å². The van der Waals surface area contributed by atoms with Gasteiger partial charge in [-0.1, -0.05) is 6.07 Å². The summed E-state index contributed by atoms with van der Waals surface area (Å²) >= 11 is 0. The summed E-state index contributed by atoms with van der Waals surface area (Å²) in [6.45, 7) is 1.07. The lowest BCUT2D eigenvalue weighted by molar-refractivity contribution is -0.149. The number of amides is 1. The number of carbonyl (C=O) groups is 2. The Bertz CT molecular complexity index is 547. The average Bonchev–Trinajstić information content (AvgIpc) is 2.76. The van der Waals surface area contributed by atoms with Gasteiger partial charge in [-0.15, -0.1) is 0 Å². The molecule has 1 aliphatic heterocycles. The highest BCUT2D eigenvalue weighted by Crippen LogP contribution is 2.27. The van der Waals surface area contributed by atoms with Crippen molar-refractivity contribution in [1.29, 1.82) is 0 Å². The number of rotatable bonds is 2. The predicted molar refractivity (Wildman–Crippen MR) is 63.1 cm³/mol. The fourth-order valence-corrected chi connectivity index (χ4v) is 2.03. The fraction of sp³-hybridized carbons (Fsp3) is 0.385. The third-order valence-corrected chi connectivity index (χ3v) is 3.31. The Labute approximate surface area is 108 Å². The van der Waals surface area contributed by atoms with E-state index in [1.807, 2.05) is 0 Å². The summed E-state index contributed by atoms with van der Waals surface area (Å²) in [7, 11) is 0. The lowest BCUT2D eigenvalue weighted by atomic mass is 10.1. The van der Waals surface area contributed by atoms with E-state index in [-0.39, 0.29) is 18.5 Å². The predicted octanol–water partition coefficient (Wildman–Crippen LogP) is 1.77. The molecule has 102 valence electrons. The Hall–Kier alpha value is -1.98. The number of aliphatic carboxylic acids is 1. The fourth-order valence-electron chi connectivity index (χ4n) is 2.03. The minimum atomic E-state index is -2.40. The van der Waals surface area contributed by atoms with Crippen molar-refractivity contribution in [2.45, 2.75) is 19.0 Å². The van der Waals surface area contributed by atoms with Gasteiger partial charge < -0.3 is 10.0 Å². The first-order valence-electron chi connectivity index (χ1n) is 5.81. The number of carbonyl (C=O) groups excluding carboxylic acids is 1. The molecule has 19 heavy (non-hydrogen) atoms. The van der Waals surface area contributed by atoms with Gasteiger partial charge in [-0.25, -0.2) is 13.6 Å². The molecule has 1 unspecified atom stereocenters. The van der Waals surface area contributed by atoms with Gasteiger partial charge in [0.25, 0.3) is 5.91 Å². The van der Waals surface area contributed by atoms with Crippen LogP contribution in [0, 0.1) is 12.7 Å². The molecule has 4 nitrogen and oxygen atoms in total. The highest BCUT2D eigenvalue weighted by atomic mass is 19.1. The second-order valence-electron chi connectivity index (χ2n) is 4.71. The largest absolute Gasteiger partial charge is 0.479 e. The molecule has 0 spiro atoms. The van der Waals surface area contributed by atoms with Crippen molar-refractivity contribution in [2.24, 2.45) is 0 Å². The van der Waals surface area contributed by atoms with Crippen molar-refractivity contribution in [3.63, 3.8) is 0 Å². The lowest BCUT2D eigenvalue weighted by Crippen LogP contribution is -2.38. The van der Waals surface area contributed by atoms with Crippen LogP contribution in [0.25, 0.3) is 0 Å². The maximum atomic E-state index is 13.8. The zero-order chi connectivity index (χ0) is 14.2. The second-order valence-corrected chi connectivity index (χ2v) is 4.71. The molecule has 1 amide bonds. The molecule has 1 fully saturated rings. The number of carboxylic acids is 1. The molecule has 0 saturated carbocycles. The summed E-state index contributed by atoms with van der Waals surface area (Å²) in [6.07, 6.45) is -0.248. The Morgan fingerprint density at radius 1 is 1.42 bits per heavy atom. The van der Waals surface area contributed by atoms with Gasteiger partial charge in [0.2, 0.25) is 5.67 Å². The van der Waals surface area contributed by atoms with Gasteiger partial charge >= 0.3 is 5.97 Å². The second kappa shape index (κ2) is 4.60. The van der Waals surface area contributed by atoms with Crippen LogP contribution in [0.5, 0.6) is 0 Å².